The predicted octanol–water partition coefficient (Wildman–Crippen LogP) is 2.75. The third-order valence-electron chi connectivity index (χ3n) is 2.44. The fourth-order valence-corrected chi connectivity index (χ4v) is 3.94. The van der Waals surface area contributed by atoms with E-state index in [1.54, 1.807) is 12.1 Å². The number of nitrogens with one attached hydrogen (secondary N) is 1. The second-order valence-electron chi connectivity index (χ2n) is 5.99. The first-order valence-electron chi connectivity index (χ1n) is 6.36. The van der Waals surface area contributed by atoms with Gasteiger partial charge in [0.05, 0.1) is 18.6 Å². The number of anilines is 1. The van der Waals surface area contributed by atoms with E-state index in [2.05, 4.69) is 5.32 Å². The molecule has 0 spiro atoms. The number of methoxy groups -OCH3 is 1. The Balaban J connectivity index is 2.81. The van der Waals surface area contributed by atoms with Crippen molar-refractivity contribution >= 4 is 33.0 Å². The highest BCUT2D eigenvalue weighted by Crippen LogP contribution is 2.27. The standard InChI is InChI=1S/C14H20ClNO4S/c1-14(2,3)9-21(18,19)8-13(17)16-11-7-10(15)5-6-12(11)20-4/h5-7H,8-9H2,1-4H3,(H,16,17). The lowest BCUT2D eigenvalue weighted by atomic mass is 10.0. The second kappa shape index (κ2) is 6.66. The summed E-state index contributed by atoms with van der Waals surface area (Å²) in [5.41, 5.74) is -0.0479. The van der Waals surface area contributed by atoms with Gasteiger partial charge in [-0.3, -0.25) is 4.79 Å². The van der Waals surface area contributed by atoms with Crippen molar-refractivity contribution in [2.45, 2.75) is 20.8 Å². The van der Waals surface area contributed by atoms with Crippen molar-refractivity contribution in [1.29, 1.82) is 0 Å². The summed E-state index contributed by atoms with van der Waals surface area (Å²) in [6.45, 7) is 5.42. The van der Waals surface area contributed by atoms with Gasteiger partial charge in [0.15, 0.2) is 9.84 Å². The van der Waals surface area contributed by atoms with Crippen LogP contribution >= 0.6 is 11.6 Å². The SMILES string of the molecule is COc1ccc(Cl)cc1NC(=O)CS(=O)(=O)CC(C)(C)C. The Bertz CT molecular complexity index is 620. The summed E-state index contributed by atoms with van der Waals surface area (Å²) < 4.78 is 29.0. The van der Waals surface area contributed by atoms with Crippen LogP contribution in [0.5, 0.6) is 5.75 Å². The summed E-state index contributed by atoms with van der Waals surface area (Å²) >= 11 is 5.85. The Labute approximate surface area is 130 Å². The molecule has 0 unspecified atom stereocenters. The minimum atomic E-state index is -3.47. The molecule has 1 aromatic rings. The van der Waals surface area contributed by atoms with E-state index in [1.807, 2.05) is 20.8 Å². The normalized spacial score (nSPS) is 12.0. The second-order valence-corrected chi connectivity index (χ2v) is 8.49. The Morgan fingerprint density at radius 1 is 1.33 bits per heavy atom. The molecule has 0 atom stereocenters. The van der Waals surface area contributed by atoms with Gasteiger partial charge in [-0.15, -0.1) is 0 Å². The average Bonchev–Trinajstić information content (AvgIpc) is 2.24. The predicted molar refractivity (Wildman–Crippen MR) is 84.7 cm³/mol. The molecule has 0 radical (unpaired) electrons. The maximum Gasteiger partial charge on any atom is 0.239 e. The molecule has 1 rings (SSSR count). The van der Waals surface area contributed by atoms with Gasteiger partial charge < -0.3 is 10.1 Å². The number of carbonyl (C=O) groups is 1. The van der Waals surface area contributed by atoms with Crippen LogP contribution < -0.4 is 10.1 Å². The molecule has 0 aliphatic carbocycles. The van der Waals surface area contributed by atoms with Crippen molar-refractivity contribution in [2.75, 3.05) is 23.9 Å². The highest BCUT2D eigenvalue weighted by molar-refractivity contribution is 7.92. The van der Waals surface area contributed by atoms with E-state index in [9.17, 15) is 13.2 Å². The van der Waals surface area contributed by atoms with E-state index in [0.29, 0.717) is 16.5 Å². The van der Waals surface area contributed by atoms with E-state index in [-0.39, 0.29) is 5.75 Å². The van der Waals surface area contributed by atoms with Gasteiger partial charge in [-0.2, -0.15) is 0 Å². The molecule has 1 N–H and O–H groups in total. The number of halogens is 1. The van der Waals surface area contributed by atoms with Crippen LogP contribution in [0, 0.1) is 5.41 Å². The highest BCUT2D eigenvalue weighted by atomic mass is 35.5. The topological polar surface area (TPSA) is 72.5 Å². The van der Waals surface area contributed by atoms with Crippen molar-refractivity contribution in [3.63, 3.8) is 0 Å². The molecule has 0 aromatic heterocycles. The first-order valence-corrected chi connectivity index (χ1v) is 8.56. The molecule has 0 aliphatic heterocycles. The quantitative estimate of drug-likeness (QED) is 0.899. The van der Waals surface area contributed by atoms with E-state index in [0.717, 1.165) is 0 Å². The third-order valence-corrected chi connectivity index (χ3v) is 4.68. The van der Waals surface area contributed by atoms with E-state index in [1.165, 1.54) is 13.2 Å². The number of carbonyl (C=O) groups excluding carboxylic acids is 1. The van der Waals surface area contributed by atoms with Crippen molar-refractivity contribution in [1.82, 2.24) is 0 Å². The van der Waals surface area contributed by atoms with E-state index >= 15 is 0 Å². The summed E-state index contributed by atoms with van der Waals surface area (Å²) in [6.07, 6.45) is 0. The van der Waals surface area contributed by atoms with Gasteiger partial charge in [-0.05, 0) is 23.6 Å². The number of benzene rings is 1. The number of ether oxygens (including phenoxy) is 1. The molecule has 1 aromatic carbocycles. The van der Waals surface area contributed by atoms with Crippen LogP contribution in [0.1, 0.15) is 20.8 Å². The molecule has 0 bridgehead atoms. The van der Waals surface area contributed by atoms with Gasteiger partial charge in [0.1, 0.15) is 11.5 Å². The number of sulfone groups is 1. The molecular weight excluding hydrogens is 314 g/mol. The van der Waals surface area contributed by atoms with Crippen LogP contribution in [0.2, 0.25) is 5.02 Å². The van der Waals surface area contributed by atoms with Crippen LogP contribution in [0.25, 0.3) is 0 Å². The van der Waals surface area contributed by atoms with Gasteiger partial charge in [-0.25, -0.2) is 8.42 Å². The summed E-state index contributed by atoms with van der Waals surface area (Å²) in [5, 5.41) is 2.94. The van der Waals surface area contributed by atoms with Crippen molar-refractivity contribution in [3.8, 4) is 5.75 Å². The minimum absolute atomic E-state index is 0.0555. The lowest BCUT2D eigenvalue weighted by molar-refractivity contribution is -0.113. The zero-order valence-electron chi connectivity index (χ0n) is 12.6. The van der Waals surface area contributed by atoms with Crippen molar-refractivity contribution in [3.05, 3.63) is 23.2 Å². The maximum atomic E-state index is 12.0. The number of rotatable bonds is 5. The Hall–Kier alpha value is -1.27. The van der Waals surface area contributed by atoms with Crippen molar-refractivity contribution < 1.29 is 17.9 Å². The summed E-state index contributed by atoms with van der Waals surface area (Å²) in [5.74, 6) is -0.819. The van der Waals surface area contributed by atoms with Crippen LogP contribution in [-0.4, -0.2) is 32.9 Å². The first kappa shape index (κ1) is 17.8. The highest BCUT2D eigenvalue weighted by Gasteiger charge is 2.24. The lowest BCUT2D eigenvalue weighted by Crippen LogP contribution is -2.29. The Morgan fingerprint density at radius 3 is 2.48 bits per heavy atom. The number of amides is 1. The molecule has 0 saturated carbocycles. The molecule has 1 amide bonds. The van der Waals surface area contributed by atoms with E-state index < -0.39 is 26.9 Å². The number of hydrogen-bond acceptors (Lipinski definition) is 4. The first-order chi connectivity index (χ1) is 9.52. The summed E-state index contributed by atoms with van der Waals surface area (Å²) in [4.78, 5) is 11.9. The zero-order valence-corrected chi connectivity index (χ0v) is 14.1. The molecule has 21 heavy (non-hydrogen) atoms. The van der Waals surface area contributed by atoms with Crippen molar-refractivity contribution in [2.24, 2.45) is 5.41 Å². The van der Waals surface area contributed by atoms with Gasteiger partial charge in [0.2, 0.25) is 5.91 Å². The number of hydrogen-bond donors (Lipinski definition) is 1. The molecular formula is C14H20ClNO4S. The van der Waals surface area contributed by atoms with Gasteiger partial charge in [0.25, 0.3) is 0 Å². The Morgan fingerprint density at radius 2 is 1.95 bits per heavy atom. The van der Waals surface area contributed by atoms with Gasteiger partial charge >= 0.3 is 0 Å². The third kappa shape index (κ3) is 6.35. The minimum Gasteiger partial charge on any atom is -0.495 e. The summed E-state index contributed by atoms with van der Waals surface area (Å²) in [7, 11) is -2.02. The molecule has 0 heterocycles. The largest absolute Gasteiger partial charge is 0.495 e. The fourth-order valence-electron chi connectivity index (χ4n) is 1.87. The smallest absolute Gasteiger partial charge is 0.239 e. The average molecular weight is 334 g/mol. The van der Waals surface area contributed by atoms with Crippen LogP contribution in [-0.2, 0) is 14.6 Å². The maximum absolute atomic E-state index is 12.0. The van der Waals surface area contributed by atoms with Crippen LogP contribution in [0.15, 0.2) is 18.2 Å². The monoisotopic (exact) mass is 333 g/mol. The lowest BCUT2D eigenvalue weighted by Gasteiger charge is -2.18. The summed E-state index contributed by atoms with van der Waals surface area (Å²) in [6, 6.07) is 4.72. The molecule has 118 valence electrons. The van der Waals surface area contributed by atoms with E-state index in [4.69, 9.17) is 16.3 Å². The van der Waals surface area contributed by atoms with Crippen LogP contribution in [0.4, 0.5) is 5.69 Å². The van der Waals surface area contributed by atoms with Gasteiger partial charge in [-0.1, -0.05) is 32.4 Å². The van der Waals surface area contributed by atoms with Gasteiger partial charge in [0, 0.05) is 5.02 Å². The van der Waals surface area contributed by atoms with Crippen LogP contribution in [0.3, 0.4) is 0 Å². The molecule has 7 heteroatoms. The molecule has 0 saturated heterocycles. The fraction of sp³-hybridized carbons (Fsp3) is 0.500. The zero-order chi connectivity index (χ0) is 16.3. The molecule has 0 fully saturated rings. The molecule has 0 aliphatic rings. The Kier molecular flexibility index (Phi) is 5.64. The molecule has 5 nitrogen and oxygen atoms in total.